The summed E-state index contributed by atoms with van der Waals surface area (Å²) >= 11 is 0. The summed E-state index contributed by atoms with van der Waals surface area (Å²) < 4.78 is 0. The molecule has 0 aromatic heterocycles. The maximum atomic E-state index is 12.3. The maximum absolute atomic E-state index is 12.3. The van der Waals surface area contributed by atoms with E-state index < -0.39 is 0 Å². The minimum Gasteiger partial charge on any atom is -0.319 e. The minimum atomic E-state index is 0.0517. The molecule has 2 aliphatic rings. The van der Waals surface area contributed by atoms with Crippen LogP contribution >= 0.6 is 0 Å². The third-order valence-electron chi connectivity index (χ3n) is 4.45. The minimum absolute atomic E-state index is 0.0517. The highest BCUT2D eigenvalue weighted by molar-refractivity contribution is 5.81. The third-order valence-corrected chi connectivity index (χ3v) is 4.45. The molecule has 1 aromatic rings. The van der Waals surface area contributed by atoms with Crippen molar-refractivity contribution in [3.8, 4) is 0 Å². The van der Waals surface area contributed by atoms with Gasteiger partial charge in [-0.3, -0.25) is 10.1 Å². The van der Waals surface area contributed by atoms with Gasteiger partial charge in [0.15, 0.2) is 0 Å². The highest BCUT2D eigenvalue weighted by Crippen LogP contribution is 2.29. The molecule has 2 heterocycles. The van der Waals surface area contributed by atoms with Gasteiger partial charge in [-0.2, -0.15) is 0 Å². The molecule has 0 aliphatic carbocycles. The van der Waals surface area contributed by atoms with Gasteiger partial charge in [-0.1, -0.05) is 29.8 Å². The molecule has 2 fully saturated rings. The normalized spacial score (nSPS) is 25.4. The molecule has 3 rings (SSSR count). The molecule has 108 valence electrons. The van der Waals surface area contributed by atoms with E-state index >= 15 is 0 Å². The van der Waals surface area contributed by atoms with Crippen molar-refractivity contribution in [2.45, 2.75) is 32.0 Å². The van der Waals surface area contributed by atoms with Crippen LogP contribution in [0.2, 0.25) is 0 Å². The Kier molecular flexibility index (Phi) is 3.76. The van der Waals surface area contributed by atoms with Gasteiger partial charge in [0.25, 0.3) is 0 Å². The van der Waals surface area contributed by atoms with Crippen LogP contribution in [0.1, 0.15) is 30.1 Å². The van der Waals surface area contributed by atoms with Crippen molar-refractivity contribution in [1.82, 2.24) is 15.1 Å². The van der Waals surface area contributed by atoms with Gasteiger partial charge in [0.05, 0.1) is 6.54 Å². The Morgan fingerprint density at radius 1 is 1.25 bits per heavy atom. The fourth-order valence-electron chi connectivity index (χ4n) is 3.32. The zero-order valence-electron chi connectivity index (χ0n) is 12.3. The summed E-state index contributed by atoms with van der Waals surface area (Å²) in [6.45, 7) is 4.72. The van der Waals surface area contributed by atoms with E-state index in [0.717, 1.165) is 25.9 Å². The molecule has 2 aliphatic heterocycles. The van der Waals surface area contributed by atoms with Crippen molar-refractivity contribution < 1.29 is 4.79 Å². The van der Waals surface area contributed by atoms with E-state index in [2.05, 4.69) is 53.4 Å². The smallest absolute Gasteiger partial charge is 0.238 e. The lowest BCUT2D eigenvalue weighted by Crippen LogP contribution is -2.46. The Morgan fingerprint density at radius 2 is 2.00 bits per heavy atom. The fourth-order valence-corrected chi connectivity index (χ4v) is 3.32. The highest BCUT2D eigenvalue weighted by Gasteiger charge is 2.37. The van der Waals surface area contributed by atoms with Crippen molar-refractivity contribution in [3.05, 3.63) is 35.4 Å². The molecule has 20 heavy (non-hydrogen) atoms. The van der Waals surface area contributed by atoms with E-state index in [-0.39, 0.29) is 12.1 Å². The van der Waals surface area contributed by atoms with Crippen molar-refractivity contribution in [2.75, 3.05) is 26.7 Å². The summed E-state index contributed by atoms with van der Waals surface area (Å²) in [7, 11) is 2.15. The molecule has 1 aromatic carbocycles. The first kappa shape index (κ1) is 13.6. The van der Waals surface area contributed by atoms with Gasteiger partial charge >= 0.3 is 0 Å². The van der Waals surface area contributed by atoms with Crippen molar-refractivity contribution >= 4 is 5.91 Å². The number of nitrogens with one attached hydrogen (secondary N) is 1. The second-order valence-electron chi connectivity index (χ2n) is 6.03. The molecule has 4 heteroatoms. The van der Waals surface area contributed by atoms with Crippen LogP contribution in [-0.2, 0) is 4.79 Å². The topological polar surface area (TPSA) is 35.6 Å². The van der Waals surface area contributed by atoms with Gasteiger partial charge in [-0.05, 0) is 45.5 Å². The number of hydrogen-bond donors (Lipinski definition) is 1. The Bertz CT molecular complexity index is 494. The van der Waals surface area contributed by atoms with Crippen molar-refractivity contribution in [3.63, 3.8) is 0 Å². The summed E-state index contributed by atoms with van der Waals surface area (Å²) in [4.78, 5) is 16.7. The van der Waals surface area contributed by atoms with Gasteiger partial charge < -0.3 is 9.80 Å². The number of carbonyl (C=O) groups is 1. The number of likely N-dealkylation sites (tertiary alicyclic amines) is 1. The summed E-state index contributed by atoms with van der Waals surface area (Å²) in [6, 6.07) is 8.84. The number of hydrogen-bond acceptors (Lipinski definition) is 3. The largest absolute Gasteiger partial charge is 0.319 e. The molecule has 0 bridgehead atoms. The lowest BCUT2D eigenvalue weighted by molar-refractivity contribution is -0.131. The number of benzene rings is 1. The molecule has 1 atom stereocenters. The first-order valence-corrected chi connectivity index (χ1v) is 7.45. The SMILES string of the molecule is Cc1cccc(C2NCC(=O)N2C2CCN(C)CC2)c1. The molecule has 0 spiro atoms. The molecular formula is C16H23N3O. The van der Waals surface area contributed by atoms with Crippen LogP contribution in [-0.4, -0.2) is 48.4 Å². The number of aryl methyl sites for hydroxylation is 1. The fraction of sp³-hybridized carbons (Fsp3) is 0.562. The lowest BCUT2D eigenvalue weighted by Gasteiger charge is -2.38. The van der Waals surface area contributed by atoms with Crippen LogP contribution in [0.4, 0.5) is 0 Å². The average Bonchev–Trinajstić information content (AvgIpc) is 2.82. The number of nitrogens with zero attached hydrogens (tertiary/aromatic N) is 2. The number of amides is 1. The molecule has 0 saturated carbocycles. The standard InChI is InChI=1S/C16H23N3O/c1-12-4-3-5-13(10-12)16-17-11-15(20)19(16)14-6-8-18(2)9-7-14/h3-5,10,14,16-17H,6-9,11H2,1-2H3. The second kappa shape index (κ2) is 5.54. The molecule has 1 unspecified atom stereocenters. The van der Waals surface area contributed by atoms with Crippen LogP contribution in [0, 0.1) is 6.92 Å². The monoisotopic (exact) mass is 273 g/mol. The molecule has 1 amide bonds. The summed E-state index contributed by atoms with van der Waals surface area (Å²) in [6.07, 6.45) is 2.20. The van der Waals surface area contributed by atoms with E-state index in [1.54, 1.807) is 0 Å². The van der Waals surface area contributed by atoms with E-state index in [1.165, 1.54) is 11.1 Å². The molecule has 0 radical (unpaired) electrons. The van der Waals surface area contributed by atoms with Gasteiger partial charge in [0.1, 0.15) is 6.17 Å². The first-order chi connectivity index (χ1) is 9.65. The number of piperidine rings is 1. The van der Waals surface area contributed by atoms with Crippen molar-refractivity contribution in [2.24, 2.45) is 0 Å². The first-order valence-electron chi connectivity index (χ1n) is 7.45. The summed E-state index contributed by atoms with van der Waals surface area (Å²) in [5, 5.41) is 3.37. The molecule has 2 saturated heterocycles. The lowest BCUT2D eigenvalue weighted by atomic mass is 10.0. The zero-order valence-corrected chi connectivity index (χ0v) is 12.3. The van der Waals surface area contributed by atoms with Gasteiger partial charge in [-0.15, -0.1) is 0 Å². The second-order valence-corrected chi connectivity index (χ2v) is 6.03. The summed E-state index contributed by atoms with van der Waals surface area (Å²) in [5.74, 6) is 0.242. The molecular weight excluding hydrogens is 250 g/mol. The van der Waals surface area contributed by atoms with E-state index in [9.17, 15) is 4.79 Å². The Hall–Kier alpha value is -1.39. The number of rotatable bonds is 2. The Labute approximate surface area is 120 Å². The highest BCUT2D eigenvalue weighted by atomic mass is 16.2. The van der Waals surface area contributed by atoms with Gasteiger partial charge in [0.2, 0.25) is 5.91 Å². The predicted octanol–water partition coefficient (Wildman–Crippen LogP) is 1.52. The van der Waals surface area contributed by atoms with E-state index in [0.29, 0.717) is 12.6 Å². The summed E-state index contributed by atoms with van der Waals surface area (Å²) in [5.41, 5.74) is 2.45. The van der Waals surface area contributed by atoms with Gasteiger partial charge in [-0.25, -0.2) is 0 Å². The van der Waals surface area contributed by atoms with Crippen molar-refractivity contribution in [1.29, 1.82) is 0 Å². The van der Waals surface area contributed by atoms with Gasteiger partial charge in [0, 0.05) is 6.04 Å². The average molecular weight is 273 g/mol. The predicted molar refractivity (Wildman–Crippen MR) is 79.3 cm³/mol. The van der Waals surface area contributed by atoms with Crippen LogP contribution in [0.5, 0.6) is 0 Å². The molecule has 1 N–H and O–H groups in total. The quantitative estimate of drug-likeness (QED) is 0.887. The van der Waals surface area contributed by atoms with Crippen LogP contribution in [0.3, 0.4) is 0 Å². The van der Waals surface area contributed by atoms with Crippen LogP contribution in [0.25, 0.3) is 0 Å². The number of carbonyl (C=O) groups excluding carboxylic acids is 1. The Morgan fingerprint density at radius 3 is 2.70 bits per heavy atom. The zero-order chi connectivity index (χ0) is 14.1. The van der Waals surface area contributed by atoms with E-state index in [4.69, 9.17) is 0 Å². The van der Waals surface area contributed by atoms with Crippen LogP contribution < -0.4 is 5.32 Å². The van der Waals surface area contributed by atoms with Crippen LogP contribution in [0.15, 0.2) is 24.3 Å². The third kappa shape index (κ3) is 2.58. The Balaban J connectivity index is 1.81. The van der Waals surface area contributed by atoms with E-state index in [1.807, 2.05) is 0 Å². The maximum Gasteiger partial charge on any atom is 0.238 e. The molecule has 4 nitrogen and oxygen atoms in total.